The van der Waals surface area contributed by atoms with Crippen molar-refractivity contribution in [3.8, 4) is 0 Å². The number of carbonyl (C=O) groups excluding carboxylic acids is 1. The highest BCUT2D eigenvalue weighted by molar-refractivity contribution is 5.75. The number of likely N-dealkylation sites (N-methyl/N-ethyl adjacent to an activating group) is 1. The Hall–Kier alpha value is -1.62. The zero-order valence-electron chi connectivity index (χ0n) is 12.8. The molecule has 116 valence electrons. The molecule has 0 aromatic heterocycles. The first-order valence-electron chi connectivity index (χ1n) is 7.36. The van der Waals surface area contributed by atoms with Crippen molar-refractivity contribution in [2.45, 2.75) is 45.3 Å². The van der Waals surface area contributed by atoms with Crippen molar-refractivity contribution in [2.24, 2.45) is 0 Å². The molecule has 2 amide bonds. The van der Waals surface area contributed by atoms with Crippen molar-refractivity contribution in [1.29, 1.82) is 0 Å². The quantitative estimate of drug-likeness (QED) is 0.897. The SMILES string of the molecule is CCN(CC(C)(C)O)C(=O)NC1CCc2cc(F)ccc21. The van der Waals surface area contributed by atoms with Gasteiger partial charge in [0.1, 0.15) is 5.82 Å². The molecule has 0 spiro atoms. The average molecular weight is 294 g/mol. The maximum absolute atomic E-state index is 13.2. The van der Waals surface area contributed by atoms with Crippen LogP contribution in [-0.4, -0.2) is 34.7 Å². The number of rotatable bonds is 4. The van der Waals surface area contributed by atoms with Gasteiger partial charge in [0.25, 0.3) is 0 Å². The Morgan fingerprint density at radius 2 is 2.24 bits per heavy atom. The van der Waals surface area contributed by atoms with Gasteiger partial charge in [0.15, 0.2) is 0 Å². The van der Waals surface area contributed by atoms with Crippen LogP contribution in [0, 0.1) is 5.82 Å². The molecule has 4 nitrogen and oxygen atoms in total. The molecule has 2 N–H and O–H groups in total. The molecule has 2 rings (SSSR count). The summed E-state index contributed by atoms with van der Waals surface area (Å²) in [4.78, 5) is 13.9. The van der Waals surface area contributed by atoms with E-state index in [9.17, 15) is 14.3 Å². The Balaban J connectivity index is 2.04. The van der Waals surface area contributed by atoms with Gasteiger partial charge in [-0.25, -0.2) is 9.18 Å². The molecule has 1 aliphatic rings. The third-order valence-electron chi connectivity index (χ3n) is 3.73. The van der Waals surface area contributed by atoms with Crippen LogP contribution in [0.3, 0.4) is 0 Å². The number of halogens is 1. The molecular formula is C16H23FN2O2. The zero-order valence-corrected chi connectivity index (χ0v) is 12.8. The van der Waals surface area contributed by atoms with Gasteiger partial charge >= 0.3 is 6.03 Å². The molecule has 0 radical (unpaired) electrons. The van der Waals surface area contributed by atoms with E-state index >= 15 is 0 Å². The van der Waals surface area contributed by atoms with Crippen molar-refractivity contribution in [3.63, 3.8) is 0 Å². The summed E-state index contributed by atoms with van der Waals surface area (Å²) < 4.78 is 13.2. The van der Waals surface area contributed by atoms with Gasteiger partial charge in [-0.2, -0.15) is 0 Å². The van der Waals surface area contributed by atoms with Crippen LogP contribution in [0.4, 0.5) is 9.18 Å². The lowest BCUT2D eigenvalue weighted by molar-refractivity contribution is 0.0475. The van der Waals surface area contributed by atoms with Crippen LogP contribution in [0.1, 0.15) is 44.4 Å². The number of amides is 2. The molecule has 1 aliphatic carbocycles. The number of fused-ring (bicyclic) bond motifs is 1. The van der Waals surface area contributed by atoms with Crippen LogP contribution < -0.4 is 5.32 Å². The summed E-state index contributed by atoms with van der Waals surface area (Å²) in [6.45, 7) is 6.04. The Bertz CT molecular complexity index is 525. The van der Waals surface area contributed by atoms with Gasteiger partial charge in [-0.05, 0) is 56.9 Å². The Morgan fingerprint density at radius 3 is 2.86 bits per heavy atom. The molecule has 1 unspecified atom stereocenters. The van der Waals surface area contributed by atoms with Crippen LogP contribution in [0.2, 0.25) is 0 Å². The monoisotopic (exact) mass is 294 g/mol. The minimum Gasteiger partial charge on any atom is -0.389 e. The van der Waals surface area contributed by atoms with Crippen molar-refractivity contribution in [3.05, 3.63) is 35.1 Å². The predicted molar refractivity (Wildman–Crippen MR) is 79.5 cm³/mol. The Morgan fingerprint density at radius 1 is 1.52 bits per heavy atom. The topological polar surface area (TPSA) is 52.6 Å². The second-order valence-corrected chi connectivity index (χ2v) is 6.21. The number of hydrogen-bond donors (Lipinski definition) is 2. The minimum atomic E-state index is -0.927. The molecule has 0 bridgehead atoms. The number of benzene rings is 1. The summed E-state index contributed by atoms with van der Waals surface area (Å²) in [7, 11) is 0. The van der Waals surface area contributed by atoms with Crippen molar-refractivity contribution < 1.29 is 14.3 Å². The summed E-state index contributed by atoms with van der Waals surface area (Å²) in [5, 5.41) is 12.8. The van der Waals surface area contributed by atoms with Crippen LogP contribution in [0.25, 0.3) is 0 Å². The van der Waals surface area contributed by atoms with E-state index in [1.54, 1.807) is 24.8 Å². The Kier molecular flexibility index (Phi) is 4.52. The maximum atomic E-state index is 13.2. The first-order chi connectivity index (χ1) is 9.80. The summed E-state index contributed by atoms with van der Waals surface area (Å²) in [6.07, 6.45) is 1.56. The molecule has 0 aliphatic heterocycles. The predicted octanol–water partition coefficient (Wildman–Crippen LogP) is 2.62. The van der Waals surface area contributed by atoms with Crippen molar-refractivity contribution in [2.75, 3.05) is 13.1 Å². The highest BCUT2D eigenvalue weighted by Crippen LogP contribution is 2.31. The van der Waals surface area contributed by atoms with Gasteiger partial charge in [0.2, 0.25) is 0 Å². The van der Waals surface area contributed by atoms with Gasteiger partial charge in [-0.1, -0.05) is 6.07 Å². The lowest BCUT2D eigenvalue weighted by atomic mass is 10.1. The summed E-state index contributed by atoms with van der Waals surface area (Å²) >= 11 is 0. The third kappa shape index (κ3) is 3.94. The number of hydrogen-bond acceptors (Lipinski definition) is 2. The van der Waals surface area contributed by atoms with Gasteiger partial charge < -0.3 is 15.3 Å². The number of urea groups is 1. The van der Waals surface area contributed by atoms with Gasteiger partial charge in [-0.15, -0.1) is 0 Å². The first-order valence-corrected chi connectivity index (χ1v) is 7.36. The summed E-state index contributed by atoms with van der Waals surface area (Å²) in [5.74, 6) is -0.238. The minimum absolute atomic E-state index is 0.0797. The van der Waals surface area contributed by atoms with Gasteiger partial charge in [0, 0.05) is 6.54 Å². The number of nitrogens with zero attached hydrogens (tertiary/aromatic N) is 1. The van der Waals surface area contributed by atoms with E-state index in [4.69, 9.17) is 0 Å². The molecule has 0 saturated heterocycles. The molecular weight excluding hydrogens is 271 g/mol. The largest absolute Gasteiger partial charge is 0.389 e. The van der Waals surface area contributed by atoms with E-state index in [1.165, 1.54) is 12.1 Å². The maximum Gasteiger partial charge on any atom is 0.317 e. The molecule has 5 heteroatoms. The third-order valence-corrected chi connectivity index (χ3v) is 3.73. The van der Waals surface area contributed by atoms with Crippen molar-refractivity contribution in [1.82, 2.24) is 10.2 Å². The average Bonchev–Trinajstić information content (AvgIpc) is 2.77. The lowest BCUT2D eigenvalue weighted by Crippen LogP contribution is -2.47. The molecule has 1 aromatic rings. The highest BCUT2D eigenvalue weighted by Gasteiger charge is 2.27. The summed E-state index contributed by atoms with van der Waals surface area (Å²) in [6, 6.07) is 4.44. The number of aliphatic hydroxyl groups is 1. The summed E-state index contributed by atoms with van der Waals surface area (Å²) in [5.41, 5.74) is 1.03. The second-order valence-electron chi connectivity index (χ2n) is 6.21. The first kappa shape index (κ1) is 15.8. The number of carbonyl (C=O) groups is 1. The fraction of sp³-hybridized carbons (Fsp3) is 0.562. The van der Waals surface area contributed by atoms with E-state index in [0.717, 1.165) is 24.0 Å². The van der Waals surface area contributed by atoms with Gasteiger partial charge in [0.05, 0.1) is 18.2 Å². The van der Waals surface area contributed by atoms with E-state index in [-0.39, 0.29) is 24.4 Å². The fourth-order valence-corrected chi connectivity index (χ4v) is 2.77. The lowest BCUT2D eigenvalue weighted by Gasteiger charge is -2.29. The van der Waals surface area contributed by atoms with E-state index in [0.29, 0.717) is 6.54 Å². The zero-order chi connectivity index (χ0) is 15.6. The molecule has 0 fully saturated rings. The standard InChI is InChI=1S/C16H23FN2O2/c1-4-19(10-16(2,3)21)15(20)18-14-8-5-11-9-12(17)6-7-13(11)14/h6-7,9,14,21H,4-5,8,10H2,1-3H3,(H,18,20). The van der Waals surface area contributed by atoms with Gasteiger partial charge in [-0.3, -0.25) is 0 Å². The van der Waals surface area contributed by atoms with E-state index in [1.807, 2.05) is 6.92 Å². The molecule has 1 atom stereocenters. The van der Waals surface area contributed by atoms with Crippen molar-refractivity contribution >= 4 is 6.03 Å². The Labute approximate surface area is 125 Å². The van der Waals surface area contributed by atoms with Crippen LogP contribution in [0.15, 0.2) is 18.2 Å². The highest BCUT2D eigenvalue weighted by atomic mass is 19.1. The molecule has 0 saturated carbocycles. The number of nitrogens with one attached hydrogen (secondary N) is 1. The molecule has 21 heavy (non-hydrogen) atoms. The second kappa shape index (κ2) is 6.02. The van der Waals surface area contributed by atoms with E-state index in [2.05, 4.69) is 5.32 Å². The smallest absolute Gasteiger partial charge is 0.317 e. The molecule has 1 aromatic carbocycles. The van der Waals surface area contributed by atoms with E-state index < -0.39 is 5.60 Å². The van der Waals surface area contributed by atoms with Crippen LogP contribution in [-0.2, 0) is 6.42 Å². The number of aryl methyl sites for hydroxylation is 1. The molecule has 0 heterocycles. The fourth-order valence-electron chi connectivity index (χ4n) is 2.77. The van der Waals surface area contributed by atoms with Crippen LogP contribution in [0.5, 0.6) is 0 Å². The van der Waals surface area contributed by atoms with Crippen LogP contribution >= 0.6 is 0 Å². The normalized spacial score (nSPS) is 17.5.